The highest BCUT2D eigenvalue weighted by Crippen LogP contribution is 2.33. The maximum atomic E-state index is 11.4. The number of pyridine rings is 1. The third-order valence-electron chi connectivity index (χ3n) is 5.18. The van der Waals surface area contributed by atoms with Gasteiger partial charge in [0.1, 0.15) is 29.1 Å². The van der Waals surface area contributed by atoms with Crippen LogP contribution in [-0.2, 0) is 25.6 Å². The molecule has 3 rings (SSSR count). The summed E-state index contributed by atoms with van der Waals surface area (Å²) in [6, 6.07) is 8.94. The van der Waals surface area contributed by atoms with Gasteiger partial charge in [0, 0.05) is 26.0 Å². The summed E-state index contributed by atoms with van der Waals surface area (Å²) in [6.45, 7) is 4.60. The Balaban J connectivity index is 1.72. The second-order valence-electron chi connectivity index (χ2n) is 7.95. The normalized spacial score (nSPS) is 14.5. The van der Waals surface area contributed by atoms with Gasteiger partial charge in [-0.05, 0) is 30.7 Å². The van der Waals surface area contributed by atoms with Crippen molar-refractivity contribution < 1.29 is 33.6 Å². The third-order valence-corrected chi connectivity index (χ3v) is 5.18. The lowest BCUT2D eigenvalue weighted by Gasteiger charge is -2.24. The summed E-state index contributed by atoms with van der Waals surface area (Å²) in [5.74, 6) is 0.596. The lowest BCUT2D eigenvalue weighted by Crippen LogP contribution is -2.26. The lowest BCUT2D eigenvalue weighted by atomic mass is 10.1. The molecule has 0 spiro atoms. The first-order valence-electron chi connectivity index (χ1n) is 11.7. The number of nitrogens with zero attached hydrogens (tertiary/aromatic N) is 2. The lowest BCUT2D eigenvalue weighted by molar-refractivity contribution is -0.129. The van der Waals surface area contributed by atoms with Gasteiger partial charge in [0.25, 0.3) is 0 Å². The minimum atomic E-state index is -1.05. The second kappa shape index (κ2) is 14.2. The number of carboxylic acid groups (broad SMARTS) is 1. The van der Waals surface area contributed by atoms with Gasteiger partial charge in [0.15, 0.2) is 0 Å². The van der Waals surface area contributed by atoms with Crippen LogP contribution in [0.5, 0.6) is 17.2 Å². The highest BCUT2D eigenvalue weighted by molar-refractivity contribution is 6.35. The molecule has 0 bridgehead atoms. The van der Waals surface area contributed by atoms with Gasteiger partial charge >= 0.3 is 5.97 Å². The number of carboxylic acids is 1. The van der Waals surface area contributed by atoms with E-state index < -0.39 is 5.97 Å². The molecule has 1 fully saturated rings. The molecule has 0 saturated carbocycles. The van der Waals surface area contributed by atoms with E-state index in [1.165, 1.54) is 0 Å². The Labute approximate surface area is 205 Å². The Morgan fingerprint density at radius 3 is 2.69 bits per heavy atom. The summed E-state index contributed by atoms with van der Waals surface area (Å²) >= 11 is 0. The van der Waals surface area contributed by atoms with Crippen LogP contribution in [0.2, 0.25) is 0 Å². The van der Waals surface area contributed by atoms with E-state index in [9.17, 15) is 9.90 Å². The monoisotopic (exact) mass is 487 g/mol. The van der Waals surface area contributed by atoms with Gasteiger partial charge in [-0.1, -0.05) is 13.3 Å². The summed E-state index contributed by atoms with van der Waals surface area (Å²) in [4.78, 5) is 15.8. The topological polar surface area (TPSA) is 121 Å². The fourth-order valence-corrected chi connectivity index (χ4v) is 3.32. The average molecular weight is 488 g/mol. The van der Waals surface area contributed by atoms with Gasteiger partial charge in [-0.3, -0.25) is 10.4 Å². The Bertz CT molecular complexity index is 960. The SMILES string of the molecule is CCCC(=NNc1ccc(Oc2ccc(COCCOC)nc2)cc1OC1CCOCC1)C(=O)O. The predicted molar refractivity (Wildman–Crippen MR) is 130 cm³/mol. The second-order valence-corrected chi connectivity index (χ2v) is 7.95. The molecule has 0 amide bonds. The first-order valence-corrected chi connectivity index (χ1v) is 11.7. The fraction of sp³-hybridized carbons (Fsp3) is 0.480. The molecule has 0 unspecified atom stereocenters. The minimum absolute atomic E-state index is 0.0165. The Hall–Kier alpha value is -3.21. The van der Waals surface area contributed by atoms with Crippen molar-refractivity contribution in [3.8, 4) is 17.2 Å². The van der Waals surface area contributed by atoms with Crippen LogP contribution in [0.1, 0.15) is 38.3 Å². The quantitative estimate of drug-likeness (QED) is 0.229. The molecule has 10 nitrogen and oxygen atoms in total. The predicted octanol–water partition coefficient (Wildman–Crippen LogP) is 4.25. The van der Waals surface area contributed by atoms with E-state index in [-0.39, 0.29) is 11.8 Å². The number of benzene rings is 1. The van der Waals surface area contributed by atoms with Crippen molar-refractivity contribution in [1.82, 2.24) is 4.98 Å². The number of anilines is 1. The minimum Gasteiger partial charge on any atom is -0.488 e. The van der Waals surface area contributed by atoms with Crippen molar-refractivity contribution in [1.29, 1.82) is 0 Å². The molecule has 2 N–H and O–H groups in total. The third kappa shape index (κ3) is 8.82. The van der Waals surface area contributed by atoms with Crippen LogP contribution in [0.3, 0.4) is 0 Å². The van der Waals surface area contributed by atoms with Crippen molar-refractivity contribution in [2.75, 3.05) is 39.0 Å². The van der Waals surface area contributed by atoms with Crippen LogP contribution in [0.15, 0.2) is 41.6 Å². The van der Waals surface area contributed by atoms with Gasteiger partial charge in [0.05, 0.1) is 50.6 Å². The molecule has 0 radical (unpaired) electrons. The van der Waals surface area contributed by atoms with Crippen LogP contribution in [-0.4, -0.2) is 61.4 Å². The van der Waals surface area contributed by atoms with Crippen LogP contribution in [0.4, 0.5) is 5.69 Å². The number of aliphatic carboxylic acids is 1. The molecule has 190 valence electrons. The molecule has 2 heterocycles. The van der Waals surface area contributed by atoms with Crippen LogP contribution in [0.25, 0.3) is 0 Å². The number of carbonyl (C=O) groups is 1. The van der Waals surface area contributed by atoms with Gasteiger partial charge in [-0.15, -0.1) is 0 Å². The van der Waals surface area contributed by atoms with Crippen LogP contribution in [0, 0.1) is 0 Å². The van der Waals surface area contributed by atoms with Gasteiger partial charge in [-0.2, -0.15) is 5.10 Å². The number of hydrazone groups is 1. The maximum absolute atomic E-state index is 11.4. The van der Waals surface area contributed by atoms with Crippen molar-refractivity contribution >= 4 is 17.4 Å². The molecule has 1 saturated heterocycles. The molecule has 1 aromatic carbocycles. The van der Waals surface area contributed by atoms with E-state index >= 15 is 0 Å². The maximum Gasteiger partial charge on any atom is 0.352 e. The molecular weight excluding hydrogens is 454 g/mol. The number of aromatic nitrogens is 1. The molecule has 10 heteroatoms. The smallest absolute Gasteiger partial charge is 0.352 e. The number of nitrogens with one attached hydrogen (secondary N) is 1. The summed E-state index contributed by atoms with van der Waals surface area (Å²) in [7, 11) is 1.63. The highest BCUT2D eigenvalue weighted by atomic mass is 16.5. The first kappa shape index (κ1) is 26.4. The van der Waals surface area contributed by atoms with Crippen molar-refractivity contribution in [3.63, 3.8) is 0 Å². The van der Waals surface area contributed by atoms with E-state index in [4.69, 9.17) is 23.7 Å². The number of hydrogen-bond acceptors (Lipinski definition) is 9. The Morgan fingerprint density at radius 2 is 2.00 bits per heavy atom. The van der Waals surface area contributed by atoms with Crippen molar-refractivity contribution in [3.05, 3.63) is 42.2 Å². The van der Waals surface area contributed by atoms with E-state index in [1.807, 2.05) is 19.1 Å². The number of ether oxygens (including phenoxy) is 5. The summed E-state index contributed by atoms with van der Waals surface area (Å²) in [5, 5.41) is 13.4. The fourth-order valence-electron chi connectivity index (χ4n) is 3.32. The van der Waals surface area contributed by atoms with E-state index in [0.29, 0.717) is 68.8 Å². The van der Waals surface area contributed by atoms with Gasteiger partial charge < -0.3 is 28.8 Å². The summed E-state index contributed by atoms with van der Waals surface area (Å²) < 4.78 is 28.1. The zero-order chi connectivity index (χ0) is 24.9. The van der Waals surface area contributed by atoms with Gasteiger partial charge in [-0.25, -0.2) is 4.79 Å². The largest absolute Gasteiger partial charge is 0.488 e. The average Bonchev–Trinajstić information content (AvgIpc) is 2.87. The van der Waals surface area contributed by atoms with Crippen LogP contribution >= 0.6 is 0 Å². The molecule has 2 aromatic rings. The molecule has 1 aliphatic heterocycles. The molecular formula is C25H33N3O7. The van der Waals surface area contributed by atoms with E-state index in [0.717, 1.165) is 18.5 Å². The number of methoxy groups -OCH3 is 1. The Kier molecular flexibility index (Phi) is 10.7. The van der Waals surface area contributed by atoms with Gasteiger partial charge in [0.2, 0.25) is 0 Å². The number of hydrogen-bond donors (Lipinski definition) is 2. The van der Waals surface area contributed by atoms with E-state index in [2.05, 4.69) is 15.5 Å². The first-order chi connectivity index (χ1) is 17.1. The highest BCUT2D eigenvalue weighted by Gasteiger charge is 2.18. The molecule has 35 heavy (non-hydrogen) atoms. The Morgan fingerprint density at radius 1 is 1.20 bits per heavy atom. The van der Waals surface area contributed by atoms with E-state index in [1.54, 1.807) is 31.5 Å². The summed E-state index contributed by atoms with van der Waals surface area (Å²) in [5.41, 5.74) is 4.26. The zero-order valence-electron chi connectivity index (χ0n) is 20.2. The molecule has 1 aliphatic rings. The summed E-state index contributed by atoms with van der Waals surface area (Å²) in [6.07, 6.45) is 4.19. The van der Waals surface area contributed by atoms with Crippen molar-refractivity contribution in [2.45, 2.75) is 45.3 Å². The molecule has 0 atom stereocenters. The zero-order valence-corrected chi connectivity index (χ0v) is 20.2. The van der Waals surface area contributed by atoms with Crippen molar-refractivity contribution in [2.24, 2.45) is 5.10 Å². The molecule has 1 aromatic heterocycles. The standard InChI is InChI=1S/C25H33N3O7/c1-3-4-23(25(29)30)28-27-22-8-7-20(15-24(22)35-19-9-11-32-12-10-19)34-21-6-5-18(26-16-21)17-33-14-13-31-2/h5-8,15-16,19,27H,3-4,9-14,17H2,1-2H3,(H,29,30). The van der Waals surface area contributed by atoms with Crippen LogP contribution < -0.4 is 14.9 Å². The number of rotatable bonds is 14. The molecule has 0 aliphatic carbocycles.